The molecule has 0 aliphatic rings. The fraction of sp³-hybridized carbons (Fsp3) is 0.533. The van der Waals surface area contributed by atoms with E-state index in [1.807, 2.05) is 0 Å². The highest BCUT2D eigenvalue weighted by Gasteiger charge is 1.98. The van der Waals surface area contributed by atoms with Crippen LogP contribution in [0, 0.1) is 5.92 Å². The summed E-state index contributed by atoms with van der Waals surface area (Å²) in [5.41, 5.74) is 2.64. The molecule has 100 valence electrons. The zero-order chi connectivity index (χ0) is 13.4. The average molecular weight is 264 g/mol. The van der Waals surface area contributed by atoms with Crippen molar-refractivity contribution < 1.29 is 0 Å². The van der Waals surface area contributed by atoms with Crippen molar-refractivity contribution in [2.75, 3.05) is 6.54 Å². The highest BCUT2D eigenvalue weighted by atomic mass is 32.1. The predicted molar refractivity (Wildman–Crippen MR) is 82.7 cm³/mol. The van der Waals surface area contributed by atoms with E-state index >= 15 is 0 Å². The third kappa shape index (κ3) is 6.01. The summed E-state index contributed by atoms with van der Waals surface area (Å²) >= 11 is 5.23. The normalized spacial score (nSPS) is 10.4. The van der Waals surface area contributed by atoms with Gasteiger partial charge in [0, 0.05) is 13.1 Å². The van der Waals surface area contributed by atoms with E-state index < -0.39 is 0 Å². The lowest BCUT2D eigenvalue weighted by Gasteiger charge is -2.11. The van der Waals surface area contributed by atoms with Crippen molar-refractivity contribution in [3.63, 3.8) is 0 Å². The summed E-state index contributed by atoms with van der Waals surface area (Å²) in [5, 5.41) is 7.20. The van der Waals surface area contributed by atoms with E-state index in [9.17, 15) is 0 Å². The largest absolute Gasteiger partial charge is 0.363 e. The van der Waals surface area contributed by atoms with Crippen molar-refractivity contribution in [3.8, 4) is 0 Å². The maximum Gasteiger partial charge on any atom is 0.166 e. The SMILES string of the molecule is CCc1ccc(CNC(=S)NCCC(C)C)cc1. The van der Waals surface area contributed by atoms with Gasteiger partial charge in [-0.1, -0.05) is 45.0 Å². The molecule has 1 aromatic carbocycles. The Labute approximate surface area is 116 Å². The first-order valence-electron chi connectivity index (χ1n) is 6.71. The van der Waals surface area contributed by atoms with Gasteiger partial charge in [0.25, 0.3) is 0 Å². The zero-order valence-corrected chi connectivity index (χ0v) is 12.4. The van der Waals surface area contributed by atoms with Crippen molar-refractivity contribution in [3.05, 3.63) is 35.4 Å². The van der Waals surface area contributed by atoms with Crippen molar-refractivity contribution in [2.24, 2.45) is 5.92 Å². The minimum Gasteiger partial charge on any atom is -0.363 e. The van der Waals surface area contributed by atoms with E-state index in [4.69, 9.17) is 12.2 Å². The quantitative estimate of drug-likeness (QED) is 0.771. The average Bonchev–Trinajstić information content (AvgIpc) is 2.36. The molecular weight excluding hydrogens is 240 g/mol. The number of benzene rings is 1. The Bertz CT molecular complexity index is 357. The van der Waals surface area contributed by atoms with E-state index in [-0.39, 0.29) is 0 Å². The first kappa shape index (κ1) is 15.0. The number of hydrogen-bond donors (Lipinski definition) is 2. The summed E-state index contributed by atoms with van der Waals surface area (Å²) < 4.78 is 0. The molecule has 3 heteroatoms. The van der Waals surface area contributed by atoms with Crippen molar-refractivity contribution in [1.29, 1.82) is 0 Å². The van der Waals surface area contributed by atoms with Gasteiger partial charge < -0.3 is 10.6 Å². The predicted octanol–water partition coefficient (Wildman–Crippen LogP) is 3.26. The van der Waals surface area contributed by atoms with Gasteiger partial charge in [-0.05, 0) is 42.1 Å². The molecule has 0 aromatic heterocycles. The summed E-state index contributed by atoms with van der Waals surface area (Å²) in [4.78, 5) is 0. The van der Waals surface area contributed by atoms with Gasteiger partial charge in [-0.2, -0.15) is 0 Å². The Morgan fingerprint density at radius 1 is 1.11 bits per heavy atom. The van der Waals surface area contributed by atoms with E-state index in [1.54, 1.807) is 0 Å². The summed E-state index contributed by atoms with van der Waals surface area (Å²) in [6, 6.07) is 8.66. The summed E-state index contributed by atoms with van der Waals surface area (Å²) in [6.07, 6.45) is 2.23. The zero-order valence-electron chi connectivity index (χ0n) is 11.6. The van der Waals surface area contributed by atoms with Crippen molar-refractivity contribution in [2.45, 2.75) is 40.2 Å². The number of rotatable bonds is 6. The molecule has 0 fully saturated rings. The second kappa shape index (κ2) is 8.09. The Hall–Kier alpha value is -1.09. The Balaban J connectivity index is 2.24. The van der Waals surface area contributed by atoms with Crippen LogP contribution in [0.2, 0.25) is 0 Å². The number of thiocarbonyl (C=S) groups is 1. The lowest BCUT2D eigenvalue weighted by atomic mass is 10.1. The molecule has 1 aromatic rings. The van der Waals surface area contributed by atoms with Gasteiger partial charge >= 0.3 is 0 Å². The van der Waals surface area contributed by atoms with Crippen molar-refractivity contribution >= 4 is 17.3 Å². The van der Waals surface area contributed by atoms with Crippen molar-refractivity contribution in [1.82, 2.24) is 10.6 Å². The summed E-state index contributed by atoms with van der Waals surface area (Å²) in [6.45, 7) is 8.33. The highest BCUT2D eigenvalue weighted by molar-refractivity contribution is 7.80. The first-order chi connectivity index (χ1) is 8.61. The minimum atomic E-state index is 0.710. The van der Waals surface area contributed by atoms with Crippen LogP contribution in [-0.2, 0) is 13.0 Å². The van der Waals surface area contributed by atoms with Gasteiger partial charge in [-0.25, -0.2) is 0 Å². The van der Waals surface area contributed by atoms with Crippen LogP contribution < -0.4 is 10.6 Å². The first-order valence-corrected chi connectivity index (χ1v) is 7.12. The number of aryl methyl sites for hydroxylation is 1. The van der Waals surface area contributed by atoms with Crippen LogP contribution in [0.4, 0.5) is 0 Å². The number of nitrogens with one attached hydrogen (secondary N) is 2. The van der Waals surface area contributed by atoms with Gasteiger partial charge in [0.2, 0.25) is 0 Å². The Kier molecular flexibility index (Phi) is 6.73. The van der Waals surface area contributed by atoms with E-state index in [0.29, 0.717) is 5.92 Å². The van der Waals surface area contributed by atoms with E-state index in [1.165, 1.54) is 11.1 Å². The standard InChI is InChI=1S/C15H24N2S/c1-4-13-5-7-14(8-6-13)11-17-15(18)16-10-9-12(2)3/h5-8,12H,4,9-11H2,1-3H3,(H2,16,17,18). The summed E-state index contributed by atoms with van der Waals surface area (Å²) in [5.74, 6) is 0.710. The monoisotopic (exact) mass is 264 g/mol. The topological polar surface area (TPSA) is 24.1 Å². The third-order valence-electron chi connectivity index (χ3n) is 2.89. The molecule has 0 atom stereocenters. The molecule has 0 aliphatic heterocycles. The molecule has 1 rings (SSSR count). The minimum absolute atomic E-state index is 0.710. The smallest absolute Gasteiger partial charge is 0.166 e. The van der Waals surface area contributed by atoms with Crippen LogP contribution in [-0.4, -0.2) is 11.7 Å². The molecule has 0 saturated heterocycles. The molecule has 0 bridgehead atoms. The van der Waals surface area contributed by atoms with Crippen LogP contribution in [0.3, 0.4) is 0 Å². The molecule has 0 aliphatic carbocycles. The van der Waals surface area contributed by atoms with Gasteiger partial charge in [-0.3, -0.25) is 0 Å². The van der Waals surface area contributed by atoms with Crippen LogP contribution >= 0.6 is 12.2 Å². The lowest BCUT2D eigenvalue weighted by Crippen LogP contribution is -2.35. The fourth-order valence-electron chi connectivity index (χ4n) is 1.61. The van der Waals surface area contributed by atoms with Gasteiger partial charge in [0.15, 0.2) is 5.11 Å². The molecule has 0 unspecified atom stereocenters. The third-order valence-corrected chi connectivity index (χ3v) is 3.18. The summed E-state index contributed by atoms with van der Waals surface area (Å²) in [7, 11) is 0. The van der Waals surface area contributed by atoms with E-state index in [0.717, 1.165) is 31.0 Å². The lowest BCUT2D eigenvalue weighted by molar-refractivity contribution is 0.576. The molecule has 0 radical (unpaired) electrons. The molecular formula is C15H24N2S. The second-order valence-electron chi connectivity index (χ2n) is 4.96. The maximum atomic E-state index is 5.23. The number of hydrogen-bond acceptors (Lipinski definition) is 1. The van der Waals surface area contributed by atoms with Crippen LogP contribution in [0.15, 0.2) is 24.3 Å². The molecule has 0 saturated carbocycles. The van der Waals surface area contributed by atoms with Crippen LogP contribution in [0.1, 0.15) is 38.3 Å². The van der Waals surface area contributed by atoms with Crippen LogP contribution in [0.25, 0.3) is 0 Å². The molecule has 0 spiro atoms. The molecule has 2 N–H and O–H groups in total. The van der Waals surface area contributed by atoms with Gasteiger partial charge in [0.05, 0.1) is 0 Å². The van der Waals surface area contributed by atoms with Crippen LogP contribution in [0.5, 0.6) is 0 Å². The second-order valence-corrected chi connectivity index (χ2v) is 5.37. The molecule has 0 amide bonds. The Morgan fingerprint density at radius 3 is 2.28 bits per heavy atom. The van der Waals surface area contributed by atoms with Gasteiger partial charge in [0.1, 0.15) is 0 Å². The molecule has 0 heterocycles. The Morgan fingerprint density at radius 2 is 1.72 bits per heavy atom. The van der Waals surface area contributed by atoms with Gasteiger partial charge in [-0.15, -0.1) is 0 Å². The maximum absolute atomic E-state index is 5.23. The van der Waals surface area contributed by atoms with E-state index in [2.05, 4.69) is 55.7 Å². The molecule has 18 heavy (non-hydrogen) atoms. The molecule has 2 nitrogen and oxygen atoms in total. The fourth-order valence-corrected chi connectivity index (χ4v) is 1.79. The highest BCUT2D eigenvalue weighted by Crippen LogP contribution is 2.04.